The van der Waals surface area contributed by atoms with Crippen LogP contribution in [-0.2, 0) is 39.0 Å². The van der Waals surface area contributed by atoms with Crippen molar-refractivity contribution in [3.8, 4) is 0 Å². The fourth-order valence-corrected chi connectivity index (χ4v) is 0. The third-order valence-electron chi connectivity index (χ3n) is 0. The molecular weight excluding hydrogens is 335 g/mol. The number of nitrogens with two attached hydrogens (primary N) is 4. The zero-order valence-corrected chi connectivity index (χ0v) is 18.0. The molecule has 97 valence electrons. The van der Waals surface area contributed by atoms with Crippen molar-refractivity contribution >= 4 is 25.6 Å². The van der Waals surface area contributed by atoms with Crippen LogP contribution in [0.3, 0.4) is 0 Å². The van der Waals surface area contributed by atoms with Crippen LogP contribution in [0.2, 0.25) is 5.79 Å². The van der Waals surface area contributed by atoms with E-state index in [1.165, 1.54) is 0 Å². The summed E-state index contributed by atoms with van der Waals surface area (Å²) in [4.78, 5) is 0. The van der Waals surface area contributed by atoms with Crippen molar-refractivity contribution in [1.29, 1.82) is 0 Å². The summed E-state index contributed by atoms with van der Waals surface area (Å²) in [5.74, 6) is 1.99. The Morgan fingerprint density at radius 2 is 0.750 bits per heavy atom. The predicted octanol–water partition coefficient (Wildman–Crippen LogP) is 0.0779. The van der Waals surface area contributed by atoms with E-state index < -0.39 is 0 Å². The van der Waals surface area contributed by atoms with Crippen molar-refractivity contribution in [2.45, 2.75) is 5.79 Å². The van der Waals surface area contributed by atoms with E-state index in [4.69, 9.17) is 4.72 Å². The zero-order valence-electron chi connectivity index (χ0n) is 11.0. The van der Waals surface area contributed by atoms with Crippen LogP contribution in [0.1, 0.15) is 0 Å². The maximum Gasteiger partial charge on any atom is 2.00 e. The second-order valence-electron chi connectivity index (χ2n) is 0.333. The fourth-order valence-electron chi connectivity index (χ4n) is 0. The van der Waals surface area contributed by atoms with E-state index in [1.807, 2.05) is 5.79 Å². The summed E-state index contributed by atoms with van der Waals surface area (Å²) in [6.07, 6.45) is 0. The number of hydrogen-bond donors (Lipinski definition) is 1. The first-order valence-electron chi connectivity index (χ1n) is 0.911. The normalized spacial score (nSPS) is 0.875. The van der Waals surface area contributed by atoms with Gasteiger partial charge in [-0.25, -0.2) is 0 Å². The molecule has 0 aromatic carbocycles. The van der Waals surface area contributed by atoms with E-state index in [0.717, 1.165) is 0 Å². The van der Waals surface area contributed by atoms with Crippen molar-refractivity contribution in [2.75, 3.05) is 0 Å². The van der Waals surface area contributed by atoms with Gasteiger partial charge in [-0.1, -0.05) is 5.79 Å². The minimum Gasteiger partial charge on any atom is -0.870 e. The Morgan fingerprint density at radius 3 is 0.750 bits per heavy atom. The monoisotopic (exact) mass is 359 g/mol. The first-order valence-corrected chi connectivity index (χ1v) is 2.73. The molecule has 0 aliphatic rings. The van der Waals surface area contributed by atoms with Gasteiger partial charge in [0.25, 0.3) is 0 Å². The maximum absolute atomic E-state index is 4.93. The fraction of sp³-hybridized carbons (Fsp3) is 0.250. The van der Waals surface area contributed by atoms with Crippen LogP contribution in [0.4, 0.5) is 0 Å². The molecule has 0 fully saturated rings. The molecule has 16 heavy (non-hydrogen) atoms. The average molecular weight is 362 g/mol. The van der Waals surface area contributed by atoms with Crippen LogP contribution in [-0.4, -0.2) is 47.5 Å². The van der Waals surface area contributed by atoms with Gasteiger partial charge in [-0.05, 0) is 0 Å². The molecule has 0 aliphatic heterocycles. The van der Waals surface area contributed by atoms with Crippen molar-refractivity contribution in [3.05, 3.63) is 40.7 Å². The van der Waals surface area contributed by atoms with E-state index in [1.54, 1.807) is 0 Å². The van der Waals surface area contributed by atoms with Crippen molar-refractivity contribution in [3.63, 3.8) is 0 Å². The molecular formula is C4H27AlBeN4O4Zn2-. The second kappa shape index (κ2) is 588. The van der Waals surface area contributed by atoms with Crippen LogP contribution in [0.15, 0.2) is 0 Å². The van der Waals surface area contributed by atoms with Gasteiger partial charge < -0.3 is 67.4 Å². The summed E-state index contributed by atoms with van der Waals surface area (Å²) >= 11 is 0.250. The number of hydrogen-bond acceptors (Lipinski definition) is 2. The van der Waals surface area contributed by atoms with Gasteiger partial charge in [-0.15, -0.1) is 0 Å². The van der Waals surface area contributed by atoms with Crippen LogP contribution in [0, 0.1) is 22.3 Å². The van der Waals surface area contributed by atoms with E-state index in [-0.39, 0.29) is 127 Å². The molecule has 0 rings (SSSR count). The van der Waals surface area contributed by atoms with Crippen molar-refractivity contribution in [1.82, 2.24) is 0 Å². The number of rotatable bonds is 0. The Bertz CT molecular complexity index is 38.0. The van der Waals surface area contributed by atoms with Gasteiger partial charge in [0.2, 0.25) is 0 Å². The molecule has 0 aliphatic carbocycles. The largest absolute Gasteiger partial charge is 2.00 e. The summed E-state index contributed by atoms with van der Waals surface area (Å²) in [6, 6.07) is 0. The van der Waals surface area contributed by atoms with Crippen LogP contribution in [0.25, 0.3) is 18.5 Å². The van der Waals surface area contributed by atoms with E-state index in [9.17, 15) is 0 Å². The third-order valence-corrected chi connectivity index (χ3v) is 0. The summed E-state index contributed by atoms with van der Waals surface area (Å²) in [7, 11) is 0. The Labute approximate surface area is 137 Å². The summed E-state index contributed by atoms with van der Waals surface area (Å²) in [6.45, 7) is 0. The van der Waals surface area contributed by atoms with Gasteiger partial charge in [-0.3, -0.25) is 0 Å². The van der Waals surface area contributed by atoms with Gasteiger partial charge in [0, 0.05) is 0 Å². The van der Waals surface area contributed by atoms with E-state index in [2.05, 4.69) is 0 Å². The Morgan fingerprint density at radius 1 is 0.750 bits per heavy atom. The molecule has 15 N–H and O–H groups in total. The molecule has 0 unspecified atom stereocenters. The molecule has 0 saturated heterocycles. The Hall–Kier alpha value is 1.63. The van der Waals surface area contributed by atoms with Crippen LogP contribution < -0.4 is 4.72 Å². The molecule has 0 aromatic heterocycles. The van der Waals surface area contributed by atoms with Gasteiger partial charge in [0.05, 0.1) is 0 Å². The summed E-state index contributed by atoms with van der Waals surface area (Å²) in [5, 5.41) is 0. The second-order valence-corrected chi connectivity index (χ2v) is 1.00. The van der Waals surface area contributed by atoms with E-state index in [0.29, 0.717) is 0 Å². The molecule has 0 saturated carbocycles. The summed E-state index contributed by atoms with van der Waals surface area (Å²) < 4.78 is 4.93. The first kappa shape index (κ1) is 370. The smallest absolute Gasteiger partial charge is 0.870 e. The quantitative estimate of drug-likeness (QED) is 0.464. The SMILES string of the molecule is O.O.O.[Be+2].[CH3-].[CH3-].[CH3-].[CH3][Al][NH2].[NH2-].[NH2-].[NH2-].[OH-].[Zn+2].[Zn+2]. The van der Waals surface area contributed by atoms with Gasteiger partial charge in [-0.2, -0.15) is 0 Å². The van der Waals surface area contributed by atoms with Gasteiger partial charge in [0.15, 0.2) is 0 Å². The molecule has 0 heterocycles. The minimum atomic E-state index is 0. The molecule has 0 bridgehead atoms. The van der Waals surface area contributed by atoms with Gasteiger partial charge >= 0.3 is 64.5 Å². The standard InChI is InChI=1S/4CH3.Al.Be.4H2N.4H2O.2Zn/h4*1H3;;;8*1H2;;/q;3*-1;+1;+2;4*-1;;;;;2*+2/p-1. The molecule has 0 atom stereocenters. The topological polar surface area (TPSA) is 251 Å². The molecule has 12 heteroatoms. The predicted molar refractivity (Wildman–Crippen MR) is 69.4 cm³/mol. The molecule has 1 radical (unpaired) electrons. The Kier molecular flexibility index (Phi) is 13600. The minimum absolute atomic E-state index is 0. The average Bonchev–Trinajstić information content (AvgIpc) is 0.918. The molecule has 8 nitrogen and oxygen atoms in total. The molecule has 0 spiro atoms. The van der Waals surface area contributed by atoms with Crippen LogP contribution in [0.5, 0.6) is 0 Å². The van der Waals surface area contributed by atoms with E-state index >= 15 is 0 Å². The van der Waals surface area contributed by atoms with Crippen LogP contribution >= 0.6 is 0 Å². The maximum atomic E-state index is 4.93. The molecule has 0 aromatic rings. The Balaban J connectivity index is -0.000000000256. The van der Waals surface area contributed by atoms with Crippen molar-refractivity contribution < 1.29 is 60.9 Å². The third kappa shape index (κ3) is 1260. The molecule has 0 amide bonds. The van der Waals surface area contributed by atoms with Gasteiger partial charge in [0.1, 0.15) is 0 Å². The zero-order chi connectivity index (χ0) is 2.71. The first-order chi connectivity index (χ1) is 1.41. The van der Waals surface area contributed by atoms with Crippen molar-refractivity contribution in [2.24, 2.45) is 4.72 Å². The summed E-state index contributed by atoms with van der Waals surface area (Å²) in [5.41, 5.74) is 0.